The average molecular weight is 380 g/mol. The van der Waals surface area contributed by atoms with Crippen LogP contribution in [0.25, 0.3) is 0 Å². The molecule has 0 radical (unpaired) electrons. The van der Waals surface area contributed by atoms with Crippen molar-refractivity contribution in [3.63, 3.8) is 0 Å². The van der Waals surface area contributed by atoms with Gasteiger partial charge in [0, 0.05) is 13.7 Å². The topological polar surface area (TPSA) is 73.8 Å². The molecule has 0 aromatic rings. The SMILES string of the molecule is COCCOCCOCCOCCOCCOCCOC1CCCCO1. The summed E-state index contributed by atoms with van der Waals surface area (Å²) in [4.78, 5) is 0. The van der Waals surface area contributed by atoms with Crippen molar-refractivity contribution >= 4 is 0 Å². The van der Waals surface area contributed by atoms with Gasteiger partial charge in [0.05, 0.1) is 79.3 Å². The van der Waals surface area contributed by atoms with Gasteiger partial charge in [-0.2, -0.15) is 0 Å². The van der Waals surface area contributed by atoms with Crippen LogP contribution in [0.4, 0.5) is 0 Å². The Labute approximate surface area is 157 Å². The Balaban J connectivity index is 1.65. The summed E-state index contributed by atoms with van der Waals surface area (Å²) in [7, 11) is 1.65. The molecule has 0 amide bonds. The summed E-state index contributed by atoms with van der Waals surface area (Å²) in [5.74, 6) is 0. The monoisotopic (exact) mass is 380 g/mol. The van der Waals surface area contributed by atoms with E-state index < -0.39 is 0 Å². The maximum Gasteiger partial charge on any atom is 0.157 e. The van der Waals surface area contributed by atoms with Gasteiger partial charge >= 0.3 is 0 Å². The summed E-state index contributed by atoms with van der Waals surface area (Å²) in [6.45, 7) is 7.60. The minimum absolute atomic E-state index is 0.0482. The number of rotatable bonds is 19. The van der Waals surface area contributed by atoms with E-state index >= 15 is 0 Å². The third kappa shape index (κ3) is 15.9. The predicted octanol–water partition coefficient (Wildman–Crippen LogP) is 1.26. The molecule has 1 atom stereocenters. The highest BCUT2D eigenvalue weighted by Crippen LogP contribution is 2.13. The van der Waals surface area contributed by atoms with Crippen LogP contribution in [-0.4, -0.2) is 99.3 Å². The number of hydrogen-bond donors (Lipinski definition) is 0. The fourth-order valence-corrected chi connectivity index (χ4v) is 2.21. The van der Waals surface area contributed by atoms with E-state index in [0.717, 1.165) is 19.4 Å². The van der Waals surface area contributed by atoms with Gasteiger partial charge in [0.1, 0.15) is 0 Å². The lowest BCUT2D eigenvalue weighted by molar-refractivity contribution is -0.169. The van der Waals surface area contributed by atoms with Gasteiger partial charge in [-0.05, 0) is 19.3 Å². The highest BCUT2D eigenvalue weighted by atomic mass is 16.7. The standard InChI is InChI=1S/C18H36O8/c1-19-6-7-20-8-9-21-10-11-22-12-13-23-14-15-24-16-17-26-18-4-2-3-5-25-18/h18H,2-17H2,1H3. The molecule has 0 saturated carbocycles. The molecule has 1 rings (SSSR count). The third-order valence-electron chi connectivity index (χ3n) is 3.59. The molecular formula is C18H36O8. The lowest BCUT2D eigenvalue weighted by Gasteiger charge is -2.22. The molecule has 0 aromatic carbocycles. The molecule has 0 aliphatic carbocycles. The number of hydrogen-bond acceptors (Lipinski definition) is 8. The molecule has 26 heavy (non-hydrogen) atoms. The second-order valence-corrected chi connectivity index (χ2v) is 5.72. The van der Waals surface area contributed by atoms with Crippen LogP contribution in [0.1, 0.15) is 19.3 Å². The first-order valence-corrected chi connectivity index (χ1v) is 9.54. The van der Waals surface area contributed by atoms with E-state index in [0.29, 0.717) is 79.3 Å². The third-order valence-corrected chi connectivity index (χ3v) is 3.59. The summed E-state index contributed by atoms with van der Waals surface area (Å²) >= 11 is 0. The van der Waals surface area contributed by atoms with Gasteiger partial charge in [-0.3, -0.25) is 0 Å². The molecule has 1 fully saturated rings. The zero-order valence-electron chi connectivity index (χ0n) is 16.2. The Bertz CT molecular complexity index is 274. The fraction of sp³-hybridized carbons (Fsp3) is 1.00. The minimum Gasteiger partial charge on any atom is -0.382 e. The van der Waals surface area contributed by atoms with Crippen LogP contribution in [0, 0.1) is 0 Å². The van der Waals surface area contributed by atoms with Crippen molar-refractivity contribution in [3.05, 3.63) is 0 Å². The van der Waals surface area contributed by atoms with E-state index in [1.54, 1.807) is 7.11 Å². The van der Waals surface area contributed by atoms with Crippen LogP contribution in [0.2, 0.25) is 0 Å². The molecule has 8 heteroatoms. The molecule has 1 saturated heterocycles. The summed E-state index contributed by atoms with van der Waals surface area (Å²) in [6, 6.07) is 0. The highest BCUT2D eigenvalue weighted by molar-refractivity contribution is 4.53. The van der Waals surface area contributed by atoms with E-state index in [-0.39, 0.29) is 6.29 Å². The molecule has 0 N–H and O–H groups in total. The Morgan fingerprint density at radius 1 is 0.615 bits per heavy atom. The van der Waals surface area contributed by atoms with Crippen molar-refractivity contribution < 1.29 is 37.9 Å². The molecule has 0 bridgehead atoms. The molecule has 1 aliphatic heterocycles. The van der Waals surface area contributed by atoms with Crippen LogP contribution in [0.5, 0.6) is 0 Å². The quantitative estimate of drug-likeness (QED) is 0.310. The normalized spacial score (nSPS) is 17.7. The second kappa shape index (κ2) is 19.4. The van der Waals surface area contributed by atoms with Gasteiger partial charge in [-0.1, -0.05) is 0 Å². The Morgan fingerprint density at radius 3 is 1.50 bits per heavy atom. The first-order chi connectivity index (χ1) is 12.9. The number of ether oxygens (including phenoxy) is 8. The Morgan fingerprint density at radius 2 is 1.08 bits per heavy atom. The smallest absolute Gasteiger partial charge is 0.157 e. The van der Waals surface area contributed by atoms with Crippen LogP contribution in [-0.2, 0) is 37.9 Å². The van der Waals surface area contributed by atoms with Gasteiger partial charge in [0.25, 0.3) is 0 Å². The van der Waals surface area contributed by atoms with Gasteiger partial charge < -0.3 is 37.9 Å². The van der Waals surface area contributed by atoms with E-state index in [2.05, 4.69) is 0 Å². The van der Waals surface area contributed by atoms with Gasteiger partial charge in [-0.15, -0.1) is 0 Å². The lowest BCUT2D eigenvalue weighted by Crippen LogP contribution is -2.24. The molecule has 156 valence electrons. The van der Waals surface area contributed by atoms with E-state index in [1.165, 1.54) is 6.42 Å². The maximum atomic E-state index is 5.57. The van der Waals surface area contributed by atoms with Crippen molar-refractivity contribution in [1.82, 2.24) is 0 Å². The number of methoxy groups -OCH3 is 1. The molecule has 0 spiro atoms. The zero-order chi connectivity index (χ0) is 18.5. The Kier molecular flexibility index (Phi) is 17.7. The second-order valence-electron chi connectivity index (χ2n) is 5.72. The fourth-order valence-electron chi connectivity index (χ4n) is 2.21. The van der Waals surface area contributed by atoms with Crippen LogP contribution < -0.4 is 0 Å². The van der Waals surface area contributed by atoms with E-state index in [9.17, 15) is 0 Å². The van der Waals surface area contributed by atoms with Gasteiger partial charge in [0.15, 0.2) is 6.29 Å². The van der Waals surface area contributed by atoms with Crippen LogP contribution in [0.15, 0.2) is 0 Å². The summed E-state index contributed by atoms with van der Waals surface area (Å²) in [5, 5.41) is 0. The van der Waals surface area contributed by atoms with E-state index in [4.69, 9.17) is 37.9 Å². The Hall–Kier alpha value is -0.320. The van der Waals surface area contributed by atoms with Crippen molar-refractivity contribution in [2.45, 2.75) is 25.6 Å². The van der Waals surface area contributed by atoms with Gasteiger partial charge in [-0.25, -0.2) is 0 Å². The first kappa shape index (κ1) is 23.7. The van der Waals surface area contributed by atoms with Crippen molar-refractivity contribution in [2.24, 2.45) is 0 Å². The predicted molar refractivity (Wildman–Crippen MR) is 95.5 cm³/mol. The summed E-state index contributed by atoms with van der Waals surface area (Å²) < 4.78 is 42.8. The highest BCUT2D eigenvalue weighted by Gasteiger charge is 2.13. The zero-order valence-corrected chi connectivity index (χ0v) is 16.2. The maximum absolute atomic E-state index is 5.57. The van der Waals surface area contributed by atoms with Gasteiger partial charge in [0.2, 0.25) is 0 Å². The average Bonchev–Trinajstić information content (AvgIpc) is 2.68. The van der Waals surface area contributed by atoms with Crippen molar-refractivity contribution in [1.29, 1.82) is 0 Å². The molecule has 0 aromatic heterocycles. The molecular weight excluding hydrogens is 344 g/mol. The van der Waals surface area contributed by atoms with Crippen LogP contribution in [0.3, 0.4) is 0 Å². The largest absolute Gasteiger partial charge is 0.382 e. The van der Waals surface area contributed by atoms with Crippen molar-refractivity contribution in [2.75, 3.05) is 93.0 Å². The molecule has 1 aliphatic rings. The first-order valence-electron chi connectivity index (χ1n) is 9.54. The summed E-state index contributed by atoms with van der Waals surface area (Å²) in [5.41, 5.74) is 0. The minimum atomic E-state index is -0.0482. The summed E-state index contributed by atoms with van der Waals surface area (Å²) in [6.07, 6.45) is 3.25. The molecule has 1 heterocycles. The van der Waals surface area contributed by atoms with E-state index in [1.807, 2.05) is 0 Å². The molecule has 8 nitrogen and oxygen atoms in total. The molecule has 1 unspecified atom stereocenters. The lowest BCUT2D eigenvalue weighted by atomic mass is 10.2. The van der Waals surface area contributed by atoms with Crippen molar-refractivity contribution in [3.8, 4) is 0 Å². The van der Waals surface area contributed by atoms with Crippen LogP contribution >= 0.6 is 0 Å².